The summed E-state index contributed by atoms with van der Waals surface area (Å²) in [7, 11) is 0. The third kappa shape index (κ3) is 4.79. The number of rotatable bonds is 6. The van der Waals surface area contributed by atoms with Gasteiger partial charge in [-0.25, -0.2) is 15.0 Å². The predicted molar refractivity (Wildman–Crippen MR) is 119 cm³/mol. The summed E-state index contributed by atoms with van der Waals surface area (Å²) in [5.74, 6) is 1.96. The molecule has 33 heavy (non-hydrogen) atoms. The molecular weight excluding hydrogens is 422 g/mol. The lowest BCUT2D eigenvalue weighted by atomic mass is 9.86. The van der Waals surface area contributed by atoms with E-state index in [-0.39, 0.29) is 29.8 Å². The zero-order valence-corrected chi connectivity index (χ0v) is 17.9. The normalized spacial score (nSPS) is 18.3. The van der Waals surface area contributed by atoms with Crippen LogP contribution >= 0.6 is 0 Å². The van der Waals surface area contributed by atoms with Gasteiger partial charge in [-0.3, -0.25) is 9.59 Å². The monoisotopic (exact) mass is 445 g/mol. The molecule has 0 spiro atoms. The van der Waals surface area contributed by atoms with Crippen molar-refractivity contribution in [2.45, 2.75) is 50.5 Å². The summed E-state index contributed by atoms with van der Waals surface area (Å²) < 4.78 is 5.78. The van der Waals surface area contributed by atoms with Crippen molar-refractivity contribution in [2.75, 3.05) is 0 Å². The van der Waals surface area contributed by atoms with Gasteiger partial charge < -0.3 is 14.7 Å². The van der Waals surface area contributed by atoms with Gasteiger partial charge in [0.05, 0.1) is 10.9 Å². The minimum absolute atomic E-state index is 0.0458. The van der Waals surface area contributed by atoms with Crippen molar-refractivity contribution in [1.82, 2.24) is 35.5 Å². The number of aromatic nitrogens is 6. The van der Waals surface area contributed by atoms with E-state index in [1.807, 2.05) is 6.07 Å². The van der Waals surface area contributed by atoms with E-state index in [1.165, 1.54) is 0 Å². The van der Waals surface area contributed by atoms with Crippen LogP contribution in [-0.2, 0) is 11.2 Å². The average Bonchev–Trinajstić information content (AvgIpc) is 3.34. The van der Waals surface area contributed by atoms with Crippen molar-refractivity contribution in [2.24, 2.45) is 0 Å². The Morgan fingerprint density at radius 2 is 1.85 bits per heavy atom. The maximum atomic E-state index is 12.5. The fourth-order valence-corrected chi connectivity index (χ4v) is 4.17. The van der Waals surface area contributed by atoms with Gasteiger partial charge in [-0.2, -0.15) is 0 Å². The number of amides is 1. The van der Waals surface area contributed by atoms with Gasteiger partial charge in [-0.15, -0.1) is 10.2 Å². The van der Waals surface area contributed by atoms with Gasteiger partial charge >= 0.3 is 0 Å². The number of carbonyl (C=O) groups excluding carboxylic acids is 1. The molecule has 3 heterocycles. The Kier molecular flexibility index (Phi) is 5.88. The second-order valence-corrected chi connectivity index (χ2v) is 8.16. The van der Waals surface area contributed by atoms with Crippen LogP contribution in [0.4, 0.5) is 0 Å². The number of nitrogens with one attached hydrogen (secondary N) is 2. The van der Waals surface area contributed by atoms with Crippen molar-refractivity contribution in [3.63, 3.8) is 0 Å². The third-order valence-electron chi connectivity index (χ3n) is 5.89. The standard InChI is InChI=1S/C23H23N7O3/c31-19(11-10-18-27-17-5-2-1-4-16(17)21(32)28-18)26-15-8-6-14(7-9-15)22-29-30-23(33-22)20-24-12-3-13-25-20/h1-5,12-15H,6-11H2,(H,26,31)(H,27,28,32)/t14-,15-. The quantitative estimate of drug-likeness (QED) is 0.461. The Balaban J connectivity index is 1.11. The number of carbonyl (C=O) groups is 1. The number of hydrogen-bond donors (Lipinski definition) is 2. The van der Waals surface area contributed by atoms with Crippen LogP contribution in [0.1, 0.15) is 49.7 Å². The molecule has 2 N–H and O–H groups in total. The molecule has 0 radical (unpaired) electrons. The molecule has 1 aliphatic carbocycles. The molecule has 10 heteroatoms. The summed E-state index contributed by atoms with van der Waals surface area (Å²) in [6.45, 7) is 0. The first-order valence-corrected chi connectivity index (χ1v) is 11.0. The highest BCUT2D eigenvalue weighted by atomic mass is 16.4. The van der Waals surface area contributed by atoms with Crippen LogP contribution in [0.25, 0.3) is 22.6 Å². The van der Waals surface area contributed by atoms with Gasteiger partial charge in [-0.1, -0.05) is 12.1 Å². The van der Waals surface area contributed by atoms with Crippen LogP contribution < -0.4 is 10.9 Å². The molecule has 10 nitrogen and oxygen atoms in total. The zero-order valence-electron chi connectivity index (χ0n) is 17.9. The lowest BCUT2D eigenvalue weighted by Crippen LogP contribution is -2.37. The summed E-state index contributed by atoms with van der Waals surface area (Å²) in [5.41, 5.74) is 0.454. The van der Waals surface area contributed by atoms with Gasteiger partial charge in [0.15, 0.2) is 0 Å². The second kappa shape index (κ2) is 9.27. The number of benzene rings is 1. The summed E-state index contributed by atoms with van der Waals surface area (Å²) in [5, 5.41) is 11.9. The topological polar surface area (TPSA) is 140 Å². The average molecular weight is 445 g/mol. The summed E-state index contributed by atoms with van der Waals surface area (Å²) in [4.78, 5) is 40.1. The lowest BCUT2D eigenvalue weighted by molar-refractivity contribution is -0.122. The molecule has 168 valence electrons. The summed E-state index contributed by atoms with van der Waals surface area (Å²) in [6.07, 6.45) is 7.28. The van der Waals surface area contributed by atoms with Crippen LogP contribution in [0.2, 0.25) is 0 Å². The number of para-hydroxylation sites is 1. The Morgan fingerprint density at radius 3 is 2.67 bits per heavy atom. The van der Waals surface area contributed by atoms with E-state index >= 15 is 0 Å². The smallest absolute Gasteiger partial charge is 0.285 e. The fraction of sp³-hybridized carbons (Fsp3) is 0.348. The fourth-order valence-electron chi connectivity index (χ4n) is 4.17. The van der Waals surface area contributed by atoms with E-state index in [4.69, 9.17) is 4.42 Å². The minimum atomic E-state index is -0.183. The number of fused-ring (bicyclic) bond motifs is 1. The molecule has 0 aliphatic heterocycles. The summed E-state index contributed by atoms with van der Waals surface area (Å²) >= 11 is 0. The number of aryl methyl sites for hydroxylation is 1. The highest BCUT2D eigenvalue weighted by Gasteiger charge is 2.27. The van der Waals surface area contributed by atoms with E-state index in [2.05, 4.69) is 35.5 Å². The number of hydrogen-bond acceptors (Lipinski definition) is 8. The molecule has 0 unspecified atom stereocenters. The maximum Gasteiger partial charge on any atom is 0.285 e. The number of aromatic amines is 1. The molecule has 4 aromatic rings. The molecule has 5 rings (SSSR count). The molecule has 0 saturated heterocycles. The van der Waals surface area contributed by atoms with Crippen molar-refractivity contribution < 1.29 is 9.21 Å². The van der Waals surface area contributed by atoms with Gasteiger partial charge in [-0.05, 0) is 43.9 Å². The van der Waals surface area contributed by atoms with Crippen LogP contribution in [0, 0.1) is 0 Å². The highest BCUT2D eigenvalue weighted by Crippen LogP contribution is 2.33. The van der Waals surface area contributed by atoms with Crippen molar-refractivity contribution >= 4 is 16.8 Å². The van der Waals surface area contributed by atoms with E-state index in [9.17, 15) is 9.59 Å². The molecule has 3 aromatic heterocycles. The Bertz CT molecular complexity index is 1310. The first-order valence-electron chi connectivity index (χ1n) is 11.0. The zero-order chi connectivity index (χ0) is 22.6. The molecule has 1 saturated carbocycles. The predicted octanol–water partition coefficient (Wildman–Crippen LogP) is 2.54. The molecule has 1 aromatic carbocycles. The first kappa shape index (κ1) is 20.9. The van der Waals surface area contributed by atoms with Gasteiger partial charge in [0, 0.05) is 37.2 Å². The van der Waals surface area contributed by atoms with Crippen LogP contribution in [-0.4, -0.2) is 42.1 Å². The van der Waals surface area contributed by atoms with Crippen LogP contribution in [0.15, 0.2) is 51.9 Å². The Morgan fingerprint density at radius 1 is 1.06 bits per heavy atom. The van der Waals surface area contributed by atoms with E-state index in [1.54, 1.807) is 36.7 Å². The van der Waals surface area contributed by atoms with E-state index < -0.39 is 0 Å². The van der Waals surface area contributed by atoms with Crippen LogP contribution in [0.5, 0.6) is 0 Å². The van der Waals surface area contributed by atoms with E-state index in [0.717, 1.165) is 25.7 Å². The van der Waals surface area contributed by atoms with Crippen LogP contribution in [0.3, 0.4) is 0 Å². The molecule has 0 bridgehead atoms. The van der Waals surface area contributed by atoms with Crippen molar-refractivity contribution in [1.29, 1.82) is 0 Å². The molecule has 0 atom stereocenters. The van der Waals surface area contributed by atoms with Crippen molar-refractivity contribution in [3.05, 3.63) is 64.8 Å². The van der Waals surface area contributed by atoms with Crippen molar-refractivity contribution in [3.8, 4) is 11.7 Å². The number of nitrogens with zero attached hydrogens (tertiary/aromatic N) is 5. The third-order valence-corrected chi connectivity index (χ3v) is 5.89. The van der Waals surface area contributed by atoms with Gasteiger partial charge in [0.1, 0.15) is 5.82 Å². The summed E-state index contributed by atoms with van der Waals surface area (Å²) in [6, 6.07) is 9.01. The first-order chi connectivity index (χ1) is 16.2. The molecule has 1 aliphatic rings. The van der Waals surface area contributed by atoms with E-state index in [0.29, 0.717) is 40.8 Å². The SMILES string of the molecule is O=C(CCc1nc2ccccc2c(=O)[nH]1)N[C@H]1CC[C@H](c2nnc(-c3ncccn3)o2)CC1. The van der Waals surface area contributed by atoms with Gasteiger partial charge in [0.2, 0.25) is 17.6 Å². The lowest BCUT2D eigenvalue weighted by Gasteiger charge is -2.27. The number of H-pyrrole nitrogens is 1. The molecule has 1 amide bonds. The maximum absolute atomic E-state index is 12.5. The minimum Gasteiger partial charge on any atom is -0.418 e. The van der Waals surface area contributed by atoms with Gasteiger partial charge in [0.25, 0.3) is 11.4 Å². The molecular formula is C23H23N7O3. The Hall–Kier alpha value is -3.95. The molecule has 1 fully saturated rings. The highest BCUT2D eigenvalue weighted by molar-refractivity contribution is 5.78. The second-order valence-electron chi connectivity index (χ2n) is 8.16. The Labute approximate surface area is 188 Å². The largest absolute Gasteiger partial charge is 0.418 e.